The molecular formula is C24H29FN6O2. The highest BCUT2D eigenvalue weighted by Crippen LogP contribution is 2.32. The minimum atomic E-state index is -0.391. The summed E-state index contributed by atoms with van der Waals surface area (Å²) >= 11 is 0. The Balaban J connectivity index is 1.75. The summed E-state index contributed by atoms with van der Waals surface area (Å²) in [7, 11) is 1.77. The number of amides is 1. The fourth-order valence-corrected chi connectivity index (χ4v) is 4.15. The molecule has 0 spiro atoms. The number of hydrogen-bond acceptors (Lipinski definition) is 7. The van der Waals surface area contributed by atoms with Crippen LogP contribution >= 0.6 is 0 Å². The molecule has 4 rings (SSSR count). The summed E-state index contributed by atoms with van der Waals surface area (Å²) in [5, 5.41) is 7.17. The van der Waals surface area contributed by atoms with Gasteiger partial charge in [0.25, 0.3) is 5.91 Å². The SMILES string of the molecule is CNc1cc2c(N[C@H](C)c3cc(N)cc(C)c3F)nc(C)nc2cc1C(=O)N1CCOCC1. The van der Waals surface area contributed by atoms with Crippen molar-refractivity contribution in [2.45, 2.75) is 26.8 Å². The van der Waals surface area contributed by atoms with Gasteiger partial charge in [-0.25, -0.2) is 14.4 Å². The lowest BCUT2D eigenvalue weighted by Crippen LogP contribution is -2.40. The molecule has 0 radical (unpaired) electrons. The number of morpholine rings is 1. The second kappa shape index (κ2) is 9.19. The number of nitrogens with zero attached hydrogens (tertiary/aromatic N) is 3. The van der Waals surface area contributed by atoms with Gasteiger partial charge in [0, 0.05) is 42.5 Å². The molecule has 2 heterocycles. The maximum atomic E-state index is 14.8. The van der Waals surface area contributed by atoms with Gasteiger partial charge in [0.1, 0.15) is 17.5 Å². The van der Waals surface area contributed by atoms with E-state index >= 15 is 0 Å². The van der Waals surface area contributed by atoms with E-state index in [1.54, 1.807) is 44.0 Å². The number of fused-ring (bicyclic) bond motifs is 1. The molecule has 8 nitrogen and oxygen atoms in total. The van der Waals surface area contributed by atoms with Gasteiger partial charge in [-0.05, 0) is 50.6 Å². The monoisotopic (exact) mass is 452 g/mol. The van der Waals surface area contributed by atoms with Crippen molar-refractivity contribution in [1.82, 2.24) is 14.9 Å². The van der Waals surface area contributed by atoms with Crippen molar-refractivity contribution < 1.29 is 13.9 Å². The number of anilines is 3. The van der Waals surface area contributed by atoms with Crippen LogP contribution in [0.2, 0.25) is 0 Å². The Morgan fingerprint density at radius 1 is 1.18 bits per heavy atom. The Kier molecular flexibility index (Phi) is 6.33. The summed E-state index contributed by atoms with van der Waals surface area (Å²) in [6.45, 7) is 7.50. The molecule has 1 aliphatic heterocycles. The summed E-state index contributed by atoms with van der Waals surface area (Å²) in [6.07, 6.45) is 0. The molecule has 0 bridgehead atoms. The second-order valence-electron chi connectivity index (χ2n) is 8.30. The van der Waals surface area contributed by atoms with Gasteiger partial charge in [0.2, 0.25) is 0 Å². The van der Waals surface area contributed by atoms with Crippen LogP contribution in [0.15, 0.2) is 24.3 Å². The van der Waals surface area contributed by atoms with Crippen LogP contribution in [-0.4, -0.2) is 54.1 Å². The minimum Gasteiger partial charge on any atom is -0.399 e. The number of rotatable bonds is 5. The number of aryl methyl sites for hydroxylation is 2. The number of nitrogen functional groups attached to an aromatic ring is 1. The molecule has 1 aromatic heterocycles. The van der Waals surface area contributed by atoms with E-state index in [-0.39, 0.29) is 11.7 Å². The predicted molar refractivity (Wildman–Crippen MR) is 128 cm³/mol. The first-order valence-corrected chi connectivity index (χ1v) is 11.0. The van der Waals surface area contributed by atoms with Crippen molar-refractivity contribution in [1.29, 1.82) is 0 Å². The molecule has 1 fully saturated rings. The molecule has 33 heavy (non-hydrogen) atoms. The van der Waals surface area contributed by atoms with E-state index in [9.17, 15) is 9.18 Å². The molecular weight excluding hydrogens is 423 g/mol. The number of carbonyl (C=O) groups is 1. The quantitative estimate of drug-likeness (QED) is 0.508. The molecule has 1 atom stereocenters. The zero-order valence-corrected chi connectivity index (χ0v) is 19.3. The lowest BCUT2D eigenvalue weighted by Gasteiger charge is -2.27. The van der Waals surface area contributed by atoms with Gasteiger partial charge >= 0.3 is 0 Å². The molecule has 1 saturated heterocycles. The van der Waals surface area contributed by atoms with Crippen molar-refractivity contribution >= 4 is 34.0 Å². The van der Waals surface area contributed by atoms with E-state index in [4.69, 9.17) is 10.5 Å². The third-order valence-corrected chi connectivity index (χ3v) is 5.87. The van der Waals surface area contributed by atoms with E-state index in [1.807, 2.05) is 13.0 Å². The third-order valence-electron chi connectivity index (χ3n) is 5.87. The minimum absolute atomic E-state index is 0.0685. The Morgan fingerprint density at radius 3 is 2.61 bits per heavy atom. The zero-order valence-electron chi connectivity index (χ0n) is 19.3. The first-order valence-electron chi connectivity index (χ1n) is 11.0. The summed E-state index contributed by atoms with van der Waals surface area (Å²) in [5.41, 5.74) is 9.26. The molecule has 0 saturated carbocycles. The first-order chi connectivity index (χ1) is 15.8. The normalized spacial score (nSPS) is 14.9. The molecule has 1 amide bonds. The van der Waals surface area contributed by atoms with Gasteiger partial charge in [0.05, 0.1) is 30.3 Å². The van der Waals surface area contributed by atoms with Gasteiger partial charge in [0.15, 0.2) is 0 Å². The number of ether oxygens (including phenoxy) is 1. The van der Waals surface area contributed by atoms with Crippen LogP contribution in [0, 0.1) is 19.7 Å². The molecule has 174 valence electrons. The largest absolute Gasteiger partial charge is 0.399 e. The fraction of sp³-hybridized carbons (Fsp3) is 0.375. The standard InChI is InChI=1S/C24H29FN6O2/c1-13-9-16(26)10-17(22(13)25)14(2)28-23-18-11-20(27-4)19(12-21(18)29-15(3)30-23)24(32)31-5-7-33-8-6-31/h9-12,14,27H,5-8,26H2,1-4H3,(H,28,29,30)/t14-/m1/s1. The van der Waals surface area contributed by atoms with E-state index in [2.05, 4.69) is 20.6 Å². The van der Waals surface area contributed by atoms with Crippen LogP contribution in [0.3, 0.4) is 0 Å². The maximum Gasteiger partial charge on any atom is 0.256 e. The lowest BCUT2D eigenvalue weighted by atomic mass is 10.0. The summed E-state index contributed by atoms with van der Waals surface area (Å²) in [5.74, 6) is 0.740. The van der Waals surface area contributed by atoms with Crippen LogP contribution < -0.4 is 16.4 Å². The number of halogens is 1. The summed E-state index contributed by atoms with van der Waals surface area (Å²) in [4.78, 5) is 24.1. The average molecular weight is 453 g/mol. The van der Waals surface area contributed by atoms with E-state index in [1.165, 1.54) is 0 Å². The van der Waals surface area contributed by atoms with E-state index in [0.29, 0.717) is 71.5 Å². The van der Waals surface area contributed by atoms with Crippen molar-refractivity contribution in [3.8, 4) is 0 Å². The molecule has 2 aromatic carbocycles. The molecule has 0 unspecified atom stereocenters. The summed E-state index contributed by atoms with van der Waals surface area (Å²) in [6, 6.07) is 6.50. The topological polar surface area (TPSA) is 105 Å². The number of nitrogens with two attached hydrogens (primary N) is 1. The van der Waals surface area contributed by atoms with Gasteiger partial charge < -0.3 is 26.0 Å². The van der Waals surface area contributed by atoms with Crippen LogP contribution in [0.5, 0.6) is 0 Å². The fourth-order valence-electron chi connectivity index (χ4n) is 4.15. The van der Waals surface area contributed by atoms with Gasteiger partial charge in [-0.15, -0.1) is 0 Å². The number of hydrogen-bond donors (Lipinski definition) is 3. The van der Waals surface area contributed by atoms with E-state index < -0.39 is 6.04 Å². The number of benzene rings is 2. The number of nitrogens with one attached hydrogen (secondary N) is 2. The van der Waals surface area contributed by atoms with Crippen LogP contribution in [0.1, 0.15) is 40.3 Å². The number of carbonyl (C=O) groups excluding carboxylic acids is 1. The maximum absolute atomic E-state index is 14.8. The molecule has 9 heteroatoms. The number of aromatic nitrogens is 2. The van der Waals surface area contributed by atoms with Crippen LogP contribution in [-0.2, 0) is 4.74 Å². The van der Waals surface area contributed by atoms with Crippen molar-refractivity contribution in [3.05, 3.63) is 52.6 Å². The first kappa shape index (κ1) is 22.7. The highest BCUT2D eigenvalue weighted by atomic mass is 19.1. The van der Waals surface area contributed by atoms with Gasteiger partial charge in [-0.2, -0.15) is 0 Å². The molecule has 3 aromatic rings. The van der Waals surface area contributed by atoms with Gasteiger partial charge in [-0.1, -0.05) is 0 Å². The predicted octanol–water partition coefficient (Wildman–Crippen LogP) is 3.66. The molecule has 1 aliphatic rings. The Hall–Kier alpha value is -3.46. The second-order valence-corrected chi connectivity index (χ2v) is 8.30. The Labute approximate surface area is 192 Å². The van der Waals surface area contributed by atoms with Crippen molar-refractivity contribution in [2.24, 2.45) is 0 Å². The van der Waals surface area contributed by atoms with Gasteiger partial charge in [-0.3, -0.25) is 4.79 Å². The van der Waals surface area contributed by atoms with E-state index in [0.717, 1.165) is 5.39 Å². The van der Waals surface area contributed by atoms with Crippen molar-refractivity contribution in [2.75, 3.05) is 49.7 Å². The smallest absolute Gasteiger partial charge is 0.256 e. The van der Waals surface area contributed by atoms with Crippen LogP contribution in [0.25, 0.3) is 10.9 Å². The average Bonchev–Trinajstić information content (AvgIpc) is 2.80. The lowest BCUT2D eigenvalue weighted by molar-refractivity contribution is 0.0303. The Bertz CT molecular complexity index is 1210. The van der Waals surface area contributed by atoms with Crippen LogP contribution in [0.4, 0.5) is 21.6 Å². The molecule has 4 N–H and O–H groups in total. The summed E-state index contributed by atoms with van der Waals surface area (Å²) < 4.78 is 20.1. The highest BCUT2D eigenvalue weighted by molar-refractivity contribution is 6.05. The third kappa shape index (κ3) is 4.54. The van der Waals surface area contributed by atoms with Crippen molar-refractivity contribution in [3.63, 3.8) is 0 Å². The molecule has 0 aliphatic carbocycles. The highest BCUT2D eigenvalue weighted by Gasteiger charge is 2.23. The zero-order chi connectivity index (χ0) is 23.7. The Morgan fingerprint density at radius 2 is 1.91 bits per heavy atom.